The molecule has 21 heavy (non-hydrogen) atoms. The van der Waals surface area contributed by atoms with Crippen LogP contribution in [0.3, 0.4) is 0 Å². The molecule has 0 saturated heterocycles. The van der Waals surface area contributed by atoms with Gasteiger partial charge in [-0.2, -0.15) is 0 Å². The standard InChI is InChI=1S/C15H9BrF2N2O/c16-10-6-2-1-4-8(10)12-14(20-21-15(12)19)9-5-3-7-11(17)13(9)18/h1-7H,19H2. The Bertz CT molecular complexity index is 817. The van der Waals surface area contributed by atoms with E-state index in [1.54, 1.807) is 12.1 Å². The predicted molar refractivity (Wildman–Crippen MR) is 79.4 cm³/mol. The molecule has 3 rings (SSSR count). The zero-order chi connectivity index (χ0) is 15.0. The lowest BCUT2D eigenvalue weighted by Gasteiger charge is -2.06. The summed E-state index contributed by atoms with van der Waals surface area (Å²) in [4.78, 5) is 0. The molecule has 0 bridgehead atoms. The molecule has 1 heterocycles. The summed E-state index contributed by atoms with van der Waals surface area (Å²) in [5, 5.41) is 3.78. The van der Waals surface area contributed by atoms with Crippen LogP contribution in [0.4, 0.5) is 14.7 Å². The van der Waals surface area contributed by atoms with Gasteiger partial charge in [-0.25, -0.2) is 8.78 Å². The zero-order valence-electron chi connectivity index (χ0n) is 10.6. The Morgan fingerprint density at radius 3 is 2.48 bits per heavy atom. The van der Waals surface area contributed by atoms with Gasteiger partial charge in [0.1, 0.15) is 5.69 Å². The van der Waals surface area contributed by atoms with Crippen molar-refractivity contribution in [2.75, 3.05) is 5.73 Å². The van der Waals surface area contributed by atoms with Gasteiger partial charge >= 0.3 is 0 Å². The number of rotatable bonds is 2. The number of aromatic nitrogens is 1. The number of nitrogens with two attached hydrogens (primary N) is 1. The highest BCUT2D eigenvalue weighted by Gasteiger charge is 2.22. The minimum absolute atomic E-state index is 0.00111. The molecule has 106 valence electrons. The lowest BCUT2D eigenvalue weighted by atomic mass is 10.0. The molecule has 0 unspecified atom stereocenters. The smallest absolute Gasteiger partial charge is 0.230 e. The molecule has 2 aromatic carbocycles. The Morgan fingerprint density at radius 2 is 1.71 bits per heavy atom. The first kappa shape index (κ1) is 13.8. The van der Waals surface area contributed by atoms with Crippen LogP contribution in [0.2, 0.25) is 0 Å². The van der Waals surface area contributed by atoms with Crippen molar-refractivity contribution in [1.29, 1.82) is 0 Å². The second-order valence-corrected chi connectivity index (χ2v) is 5.21. The van der Waals surface area contributed by atoms with Crippen LogP contribution in [-0.4, -0.2) is 5.16 Å². The summed E-state index contributed by atoms with van der Waals surface area (Å²) in [6.07, 6.45) is 0. The molecule has 2 N–H and O–H groups in total. The van der Waals surface area contributed by atoms with Crippen LogP contribution < -0.4 is 5.73 Å². The highest BCUT2D eigenvalue weighted by atomic mass is 79.9. The summed E-state index contributed by atoms with van der Waals surface area (Å²) in [5.74, 6) is -1.90. The van der Waals surface area contributed by atoms with Crippen molar-refractivity contribution < 1.29 is 13.3 Å². The maximum absolute atomic E-state index is 14.0. The molecule has 0 radical (unpaired) electrons. The molecule has 0 atom stereocenters. The number of nitrogen functional groups attached to an aromatic ring is 1. The SMILES string of the molecule is Nc1onc(-c2cccc(F)c2F)c1-c1ccccc1Br. The van der Waals surface area contributed by atoms with Gasteiger partial charge in [0.15, 0.2) is 11.6 Å². The van der Waals surface area contributed by atoms with Crippen LogP contribution in [0.5, 0.6) is 0 Å². The van der Waals surface area contributed by atoms with Crippen molar-refractivity contribution in [3.8, 4) is 22.4 Å². The highest BCUT2D eigenvalue weighted by molar-refractivity contribution is 9.10. The number of anilines is 1. The fourth-order valence-electron chi connectivity index (χ4n) is 2.10. The van der Waals surface area contributed by atoms with E-state index in [1.165, 1.54) is 12.1 Å². The maximum atomic E-state index is 14.0. The topological polar surface area (TPSA) is 52.0 Å². The molecule has 0 amide bonds. The fourth-order valence-corrected chi connectivity index (χ4v) is 2.58. The molecule has 0 aliphatic carbocycles. The number of benzene rings is 2. The number of hydrogen-bond donors (Lipinski definition) is 1. The maximum Gasteiger partial charge on any atom is 0.230 e. The van der Waals surface area contributed by atoms with Crippen molar-refractivity contribution in [3.63, 3.8) is 0 Å². The Hall–Kier alpha value is -2.21. The molecule has 0 aliphatic rings. The minimum Gasteiger partial charge on any atom is -0.367 e. The summed E-state index contributed by atoms with van der Waals surface area (Å²) < 4.78 is 33.1. The first-order valence-electron chi connectivity index (χ1n) is 6.04. The van der Waals surface area contributed by atoms with Crippen LogP contribution in [0.1, 0.15) is 0 Å². The normalized spacial score (nSPS) is 10.8. The van der Waals surface area contributed by atoms with Gasteiger partial charge in [0.2, 0.25) is 5.88 Å². The van der Waals surface area contributed by atoms with Crippen LogP contribution in [-0.2, 0) is 0 Å². The van der Waals surface area contributed by atoms with E-state index in [0.717, 1.165) is 10.5 Å². The summed E-state index contributed by atoms with van der Waals surface area (Å²) in [7, 11) is 0. The monoisotopic (exact) mass is 350 g/mol. The summed E-state index contributed by atoms with van der Waals surface area (Å²) in [6.45, 7) is 0. The number of nitrogens with zero attached hydrogens (tertiary/aromatic N) is 1. The molecule has 0 saturated carbocycles. The molecule has 0 spiro atoms. The summed E-state index contributed by atoms with van der Waals surface area (Å²) in [6, 6.07) is 11.1. The van der Waals surface area contributed by atoms with E-state index in [-0.39, 0.29) is 17.1 Å². The molecular weight excluding hydrogens is 342 g/mol. The van der Waals surface area contributed by atoms with Gasteiger partial charge in [0.05, 0.1) is 5.56 Å². The molecule has 1 aromatic heterocycles. The van der Waals surface area contributed by atoms with Gasteiger partial charge in [0.25, 0.3) is 0 Å². The first-order valence-corrected chi connectivity index (χ1v) is 6.83. The van der Waals surface area contributed by atoms with Gasteiger partial charge in [-0.05, 0) is 18.2 Å². The first-order chi connectivity index (χ1) is 10.1. The molecule has 6 heteroatoms. The third-order valence-electron chi connectivity index (χ3n) is 3.07. The Kier molecular flexibility index (Phi) is 3.47. The van der Waals surface area contributed by atoms with E-state index in [9.17, 15) is 8.78 Å². The summed E-state index contributed by atoms with van der Waals surface area (Å²) >= 11 is 3.40. The zero-order valence-corrected chi connectivity index (χ0v) is 12.2. The van der Waals surface area contributed by atoms with E-state index in [2.05, 4.69) is 21.1 Å². The lowest BCUT2D eigenvalue weighted by molar-refractivity contribution is 0.438. The van der Waals surface area contributed by atoms with Crippen molar-refractivity contribution >= 4 is 21.8 Å². The molecule has 0 fully saturated rings. The van der Waals surface area contributed by atoms with E-state index < -0.39 is 11.6 Å². The van der Waals surface area contributed by atoms with E-state index in [0.29, 0.717) is 11.1 Å². The Balaban J connectivity index is 2.28. The largest absolute Gasteiger partial charge is 0.367 e. The Labute approximate surface area is 127 Å². The fraction of sp³-hybridized carbons (Fsp3) is 0. The Morgan fingerprint density at radius 1 is 1.00 bits per heavy atom. The molecular formula is C15H9BrF2N2O. The second-order valence-electron chi connectivity index (χ2n) is 4.35. The average molecular weight is 351 g/mol. The van der Waals surface area contributed by atoms with E-state index in [1.807, 2.05) is 12.1 Å². The lowest BCUT2D eigenvalue weighted by Crippen LogP contribution is -1.93. The summed E-state index contributed by atoms with van der Waals surface area (Å²) in [5.41, 5.74) is 7.08. The van der Waals surface area contributed by atoms with Crippen molar-refractivity contribution in [2.24, 2.45) is 0 Å². The van der Waals surface area contributed by atoms with Crippen molar-refractivity contribution in [2.45, 2.75) is 0 Å². The third-order valence-corrected chi connectivity index (χ3v) is 3.76. The highest BCUT2D eigenvalue weighted by Crippen LogP contribution is 2.40. The average Bonchev–Trinajstić information content (AvgIpc) is 2.84. The van der Waals surface area contributed by atoms with E-state index >= 15 is 0 Å². The van der Waals surface area contributed by atoms with Gasteiger partial charge in [-0.1, -0.05) is 45.4 Å². The van der Waals surface area contributed by atoms with E-state index in [4.69, 9.17) is 10.3 Å². The molecule has 0 aliphatic heterocycles. The van der Waals surface area contributed by atoms with Crippen LogP contribution in [0.25, 0.3) is 22.4 Å². The van der Waals surface area contributed by atoms with Crippen LogP contribution >= 0.6 is 15.9 Å². The van der Waals surface area contributed by atoms with Gasteiger partial charge in [-0.15, -0.1) is 0 Å². The second kappa shape index (κ2) is 5.29. The predicted octanol–water partition coefficient (Wildman–Crippen LogP) is 4.63. The van der Waals surface area contributed by atoms with Crippen molar-refractivity contribution in [3.05, 3.63) is 58.6 Å². The van der Waals surface area contributed by atoms with Gasteiger partial charge < -0.3 is 10.3 Å². The van der Waals surface area contributed by atoms with Crippen LogP contribution in [0, 0.1) is 11.6 Å². The molecule has 3 aromatic rings. The quantitative estimate of drug-likeness (QED) is 0.732. The van der Waals surface area contributed by atoms with Crippen molar-refractivity contribution in [1.82, 2.24) is 5.16 Å². The molecule has 3 nitrogen and oxygen atoms in total. The minimum atomic E-state index is -0.987. The third kappa shape index (κ3) is 2.31. The number of halogens is 3. The van der Waals surface area contributed by atoms with Gasteiger partial charge in [-0.3, -0.25) is 0 Å². The van der Waals surface area contributed by atoms with Crippen LogP contribution in [0.15, 0.2) is 51.5 Å². The van der Waals surface area contributed by atoms with Gasteiger partial charge in [0, 0.05) is 15.6 Å². The number of hydrogen-bond acceptors (Lipinski definition) is 3.